The molecular weight excluding hydrogens is 152 g/mol. The summed E-state index contributed by atoms with van der Waals surface area (Å²) < 4.78 is 0. The van der Waals surface area contributed by atoms with Gasteiger partial charge in [-0.15, -0.1) is 11.8 Å². The topological polar surface area (TPSA) is 0 Å². The standard InChI is InChI=1S/C10H14S/c1-3-11-10-8-6-4-5-7-9(10)2/h4-5,7-8H,3,6H2,1-2H3. The predicted octanol–water partition coefficient (Wildman–Crippen LogP) is 3.53. The first-order valence-electron chi connectivity index (χ1n) is 4.01. The molecule has 0 aromatic rings. The largest absolute Gasteiger partial charge is 0.127 e. The van der Waals surface area contributed by atoms with E-state index in [-0.39, 0.29) is 0 Å². The van der Waals surface area contributed by atoms with Crippen molar-refractivity contribution >= 4 is 11.8 Å². The lowest BCUT2D eigenvalue weighted by Crippen LogP contribution is -1.79. The minimum Gasteiger partial charge on any atom is -0.127 e. The van der Waals surface area contributed by atoms with Crippen molar-refractivity contribution in [3.63, 3.8) is 0 Å². The summed E-state index contributed by atoms with van der Waals surface area (Å²) in [6, 6.07) is 0. The molecule has 60 valence electrons. The smallest absolute Gasteiger partial charge is 0.00642 e. The second-order valence-electron chi connectivity index (χ2n) is 2.51. The van der Waals surface area contributed by atoms with Crippen molar-refractivity contribution in [1.82, 2.24) is 0 Å². The highest BCUT2D eigenvalue weighted by atomic mass is 32.2. The van der Waals surface area contributed by atoms with Crippen molar-refractivity contribution < 1.29 is 0 Å². The molecule has 0 saturated carbocycles. The molecule has 1 heteroatoms. The molecule has 1 aliphatic carbocycles. The van der Waals surface area contributed by atoms with Gasteiger partial charge in [0.25, 0.3) is 0 Å². The van der Waals surface area contributed by atoms with Gasteiger partial charge in [-0.1, -0.05) is 31.2 Å². The van der Waals surface area contributed by atoms with Crippen LogP contribution in [0.5, 0.6) is 0 Å². The molecule has 1 rings (SSSR count). The molecule has 0 unspecified atom stereocenters. The first kappa shape index (κ1) is 8.66. The number of rotatable bonds is 2. The van der Waals surface area contributed by atoms with Crippen LogP contribution >= 0.6 is 11.8 Å². The molecule has 0 N–H and O–H groups in total. The zero-order valence-corrected chi connectivity index (χ0v) is 7.95. The van der Waals surface area contributed by atoms with E-state index in [0.29, 0.717) is 0 Å². The van der Waals surface area contributed by atoms with Crippen LogP contribution in [0.1, 0.15) is 20.3 Å². The Bertz CT molecular complexity index is 209. The van der Waals surface area contributed by atoms with Gasteiger partial charge in [0.05, 0.1) is 0 Å². The lowest BCUT2D eigenvalue weighted by atomic mass is 10.3. The van der Waals surface area contributed by atoms with Gasteiger partial charge in [-0.2, -0.15) is 0 Å². The maximum absolute atomic E-state index is 2.30. The molecule has 0 fully saturated rings. The zero-order valence-electron chi connectivity index (χ0n) is 7.13. The Balaban J connectivity index is 2.69. The lowest BCUT2D eigenvalue weighted by Gasteiger charge is -2.03. The second kappa shape index (κ2) is 4.45. The molecule has 0 heterocycles. The minimum atomic E-state index is 1.08. The Morgan fingerprint density at radius 2 is 2.36 bits per heavy atom. The second-order valence-corrected chi connectivity index (χ2v) is 3.82. The van der Waals surface area contributed by atoms with Gasteiger partial charge in [0.1, 0.15) is 0 Å². The van der Waals surface area contributed by atoms with E-state index in [1.54, 1.807) is 0 Å². The molecule has 0 saturated heterocycles. The van der Waals surface area contributed by atoms with Crippen LogP contribution in [-0.4, -0.2) is 5.75 Å². The molecule has 1 aliphatic rings. The summed E-state index contributed by atoms with van der Waals surface area (Å²) in [5, 5.41) is 0. The first-order chi connectivity index (χ1) is 5.34. The van der Waals surface area contributed by atoms with E-state index in [1.165, 1.54) is 10.5 Å². The molecule has 0 nitrogen and oxygen atoms in total. The number of hydrogen-bond donors (Lipinski definition) is 0. The first-order valence-corrected chi connectivity index (χ1v) is 5.00. The van der Waals surface area contributed by atoms with Crippen molar-refractivity contribution in [2.75, 3.05) is 5.75 Å². The maximum atomic E-state index is 2.30. The third-order valence-electron chi connectivity index (χ3n) is 1.61. The fourth-order valence-corrected chi connectivity index (χ4v) is 1.86. The van der Waals surface area contributed by atoms with Crippen LogP contribution in [0.4, 0.5) is 0 Å². The van der Waals surface area contributed by atoms with Gasteiger partial charge in [0, 0.05) is 4.91 Å². The van der Waals surface area contributed by atoms with Crippen LogP contribution in [0.15, 0.2) is 34.8 Å². The van der Waals surface area contributed by atoms with E-state index < -0.39 is 0 Å². The third kappa shape index (κ3) is 2.58. The van der Waals surface area contributed by atoms with Crippen LogP contribution in [-0.2, 0) is 0 Å². The Morgan fingerprint density at radius 1 is 1.55 bits per heavy atom. The molecule has 0 spiro atoms. The van der Waals surface area contributed by atoms with E-state index in [9.17, 15) is 0 Å². The molecule has 0 radical (unpaired) electrons. The Hall–Kier alpha value is -0.430. The SMILES string of the molecule is CCSC1=CCC=CC=C1C. The molecule has 0 aliphatic heterocycles. The van der Waals surface area contributed by atoms with Gasteiger partial charge < -0.3 is 0 Å². The summed E-state index contributed by atoms with van der Waals surface area (Å²) >= 11 is 1.93. The summed E-state index contributed by atoms with van der Waals surface area (Å²) in [4.78, 5) is 1.44. The van der Waals surface area contributed by atoms with Gasteiger partial charge in [0.15, 0.2) is 0 Å². The quantitative estimate of drug-likeness (QED) is 0.604. The molecular formula is C10H14S. The fourth-order valence-electron chi connectivity index (χ4n) is 1.04. The molecule has 0 aromatic heterocycles. The maximum Gasteiger partial charge on any atom is 0.00642 e. The summed E-state index contributed by atoms with van der Waals surface area (Å²) in [6.45, 7) is 4.36. The highest BCUT2D eigenvalue weighted by Gasteiger charge is 1.99. The minimum absolute atomic E-state index is 1.08. The summed E-state index contributed by atoms with van der Waals surface area (Å²) in [7, 11) is 0. The van der Waals surface area contributed by atoms with Gasteiger partial charge >= 0.3 is 0 Å². The summed E-state index contributed by atoms with van der Waals surface area (Å²) in [5.41, 5.74) is 1.39. The van der Waals surface area contributed by atoms with Crippen molar-refractivity contribution in [2.24, 2.45) is 0 Å². The van der Waals surface area contributed by atoms with E-state index in [4.69, 9.17) is 0 Å². The zero-order chi connectivity index (χ0) is 8.10. The van der Waals surface area contributed by atoms with Crippen LogP contribution in [0, 0.1) is 0 Å². The van der Waals surface area contributed by atoms with Gasteiger partial charge in [-0.25, -0.2) is 0 Å². The molecule has 0 aromatic carbocycles. The predicted molar refractivity (Wildman–Crippen MR) is 53.7 cm³/mol. The van der Waals surface area contributed by atoms with E-state index in [2.05, 4.69) is 38.2 Å². The molecule has 0 bridgehead atoms. The van der Waals surface area contributed by atoms with E-state index in [0.717, 1.165) is 12.2 Å². The normalized spacial score (nSPS) is 17.3. The van der Waals surface area contributed by atoms with Crippen molar-refractivity contribution in [3.05, 3.63) is 34.8 Å². The van der Waals surface area contributed by atoms with Crippen molar-refractivity contribution in [1.29, 1.82) is 0 Å². The average molecular weight is 166 g/mol. The van der Waals surface area contributed by atoms with Gasteiger partial charge in [0.2, 0.25) is 0 Å². The van der Waals surface area contributed by atoms with E-state index >= 15 is 0 Å². The summed E-state index contributed by atoms with van der Waals surface area (Å²) in [5.74, 6) is 1.16. The van der Waals surface area contributed by atoms with Gasteiger partial charge in [-0.05, 0) is 24.7 Å². The van der Waals surface area contributed by atoms with Crippen LogP contribution in [0.2, 0.25) is 0 Å². The molecule has 0 amide bonds. The Kier molecular flexibility index (Phi) is 3.50. The van der Waals surface area contributed by atoms with Crippen LogP contribution in [0.3, 0.4) is 0 Å². The highest BCUT2D eigenvalue weighted by molar-refractivity contribution is 8.03. The average Bonchev–Trinajstić information content (AvgIpc) is 2.18. The van der Waals surface area contributed by atoms with Crippen molar-refractivity contribution in [2.45, 2.75) is 20.3 Å². The van der Waals surface area contributed by atoms with Crippen LogP contribution in [0.25, 0.3) is 0 Å². The number of thioether (sulfide) groups is 1. The number of allylic oxidation sites excluding steroid dienone is 5. The van der Waals surface area contributed by atoms with Crippen molar-refractivity contribution in [3.8, 4) is 0 Å². The fraction of sp³-hybridized carbons (Fsp3) is 0.400. The number of hydrogen-bond acceptors (Lipinski definition) is 1. The van der Waals surface area contributed by atoms with Gasteiger partial charge in [-0.3, -0.25) is 0 Å². The van der Waals surface area contributed by atoms with E-state index in [1.807, 2.05) is 11.8 Å². The third-order valence-corrected chi connectivity index (χ3v) is 2.70. The summed E-state index contributed by atoms with van der Waals surface area (Å²) in [6.07, 6.45) is 9.88. The molecule has 11 heavy (non-hydrogen) atoms. The molecule has 0 atom stereocenters. The lowest BCUT2D eigenvalue weighted by molar-refractivity contribution is 1.38. The Morgan fingerprint density at radius 3 is 3.09 bits per heavy atom. The Labute approximate surface area is 73.1 Å². The van der Waals surface area contributed by atoms with Crippen LogP contribution < -0.4 is 0 Å². The highest BCUT2D eigenvalue weighted by Crippen LogP contribution is 2.25. The monoisotopic (exact) mass is 166 g/mol.